The van der Waals surface area contributed by atoms with E-state index in [1.165, 1.54) is 24.8 Å². The molecule has 4 aliphatic carbocycles. The third kappa shape index (κ3) is 2.07. The van der Waals surface area contributed by atoms with Gasteiger partial charge in [0, 0.05) is 29.4 Å². The Morgan fingerprint density at radius 1 is 1.30 bits per heavy atom. The van der Waals surface area contributed by atoms with Crippen LogP contribution in [0.2, 0.25) is 0 Å². The van der Waals surface area contributed by atoms with E-state index >= 15 is 0 Å². The van der Waals surface area contributed by atoms with Crippen LogP contribution in [0.3, 0.4) is 0 Å². The lowest BCUT2D eigenvalue weighted by molar-refractivity contribution is -0.176. The zero-order chi connectivity index (χ0) is 15.7. The quantitative estimate of drug-likeness (QED) is 0.900. The van der Waals surface area contributed by atoms with Crippen LogP contribution in [0.25, 0.3) is 11.4 Å². The van der Waals surface area contributed by atoms with Gasteiger partial charge in [0.05, 0.1) is 5.60 Å². The number of hydrogen-bond donors (Lipinski definition) is 1. The third-order valence-corrected chi connectivity index (χ3v) is 7.51. The average molecular weight is 328 g/mol. The Balaban J connectivity index is 1.54. The molecule has 122 valence electrons. The molecule has 4 saturated carbocycles. The maximum Gasteiger partial charge on any atom is 0.140 e. The van der Waals surface area contributed by atoms with E-state index in [4.69, 9.17) is 0 Å². The van der Waals surface area contributed by atoms with E-state index in [1.54, 1.807) is 11.3 Å². The summed E-state index contributed by atoms with van der Waals surface area (Å²) in [6, 6.07) is 2.56. The van der Waals surface area contributed by atoms with Crippen LogP contribution in [0.1, 0.15) is 51.5 Å². The molecule has 6 rings (SSSR count). The van der Waals surface area contributed by atoms with Crippen molar-refractivity contribution in [1.29, 1.82) is 0 Å². The smallest absolute Gasteiger partial charge is 0.140 e. The molecule has 0 amide bonds. The first kappa shape index (κ1) is 14.2. The van der Waals surface area contributed by atoms with Crippen molar-refractivity contribution in [3.8, 4) is 11.4 Å². The lowest BCUT2D eigenvalue weighted by atomic mass is 9.46. The lowest BCUT2D eigenvalue weighted by Crippen LogP contribution is -2.57. The van der Waals surface area contributed by atoms with Crippen LogP contribution in [0, 0.1) is 17.3 Å². The molecule has 1 N–H and O–H groups in total. The zero-order valence-electron chi connectivity index (χ0n) is 13.6. The molecule has 0 aliphatic heterocycles. The number of rotatable bonds is 3. The van der Waals surface area contributed by atoms with Crippen LogP contribution in [-0.4, -0.2) is 20.3 Å². The fourth-order valence-corrected chi connectivity index (χ4v) is 6.94. The van der Waals surface area contributed by atoms with Crippen molar-refractivity contribution in [2.24, 2.45) is 17.3 Å². The molecular weight excluding hydrogens is 304 g/mol. The van der Waals surface area contributed by atoms with E-state index in [-0.39, 0.29) is 11.0 Å². The van der Waals surface area contributed by atoms with Gasteiger partial charge in [-0.25, -0.2) is 4.98 Å². The largest absolute Gasteiger partial charge is 0.390 e. The SMILES string of the molecule is C[C@@H](n1ccnc1-c1ccsc1)C12C[C@@H]3C[C@@H](CC(O)(C3)C1)C2. The van der Waals surface area contributed by atoms with E-state index in [0.717, 1.165) is 36.9 Å². The molecule has 2 aromatic heterocycles. The molecule has 4 fully saturated rings. The second kappa shape index (κ2) is 4.70. The summed E-state index contributed by atoms with van der Waals surface area (Å²) in [6.45, 7) is 2.36. The summed E-state index contributed by atoms with van der Waals surface area (Å²) in [6.07, 6.45) is 11.0. The predicted octanol–water partition coefficient (Wildman–Crippen LogP) is 4.50. The first-order valence-electron chi connectivity index (χ1n) is 8.85. The fraction of sp³-hybridized carbons (Fsp3) is 0.632. The second-order valence-electron chi connectivity index (χ2n) is 8.39. The Kier molecular flexibility index (Phi) is 2.91. The predicted molar refractivity (Wildman–Crippen MR) is 92.3 cm³/mol. The molecule has 2 unspecified atom stereocenters. The summed E-state index contributed by atoms with van der Waals surface area (Å²) < 4.78 is 2.37. The number of nitrogens with zero attached hydrogens (tertiary/aromatic N) is 2. The Hall–Kier alpha value is -1.13. The molecule has 2 aromatic rings. The van der Waals surface area contributed by atoms with Gasteiger partial charge in [-0.15, -0.1) is 0 Å². The maximum atomic E-state index is 11.0. The van der Waals surface area contributed by atoms with Gasteiger partial charge in [-0.3, -0.25) is 0 Å². The van der Waals surface area contributed by atoms with Crippen LogP contribution in [-0.2, 0) is 0 Å². The fourth-order valence-electron chi connectivity index (χ4n) is 6.31. The molecule has 2 heterocycles. The van der Waals surface area contributed by atoms with Gasteiger partial charge in [-0.05, 0) is 74.1 Å². The van der Waals surface area contributed by atoms with Gasteiger partial charge in [0.15, 0.2) is 0 Å². The highest BCUT2D eigenvalue weighted by molar-refractivity contribution is 7.08. The summed E-state index contributed by atoms with van der Waals surface area (Å²) in [7, 11) is 0. The molecule has 0 radical (unpaired) electrons. The Morgan fingerprint density at radius 3 is 2.74 bits per heavy atom. The standard InChI is InChI=1S/C19H24N2OS/c1-13(21-4-3-20-17(21)16-2-5-23-11-16)18-7-14-6-15(8-18)10-19(22,9-14)12-18/h2-5,11,13-15,22H,6-10,12H2,1H3/t13-,14-,15+,18?,19?/m1/s1. The topological polar surface area (TPSA) is 38.0 Å². The first-order chi connectivity index (χ1) is 11.1. The number of thiophene rings is 1. The van der Waals surface area contributed by atoms with Crippen LogP contribution >= 0.6 is 11.3 Å². The number of imidazole rings is 1. The van der Waals surface area contributed by atoms with Crippen LogP contribution in [0.5, 0.6) is 0 Å². The van der Waals surface area contributed by atoms with Crippen molar-refractivity contribution in [3.05, 3.63) is 29.2 Å². The van der Waals surface area contributed by atoms with Gasteiger partial charge < -0.3 is 9.67 Å². The Bertz CT molecular complexity index is 706. The van der Waals surface area contributed by atoms with E-state index in [9.17, 15) is 5.11 Å². The van der Waals surface area contributed by atoms with Crippen LogP contribution in [0.4, 0.5) is 0 Å². The van der Waals surface area contributed by atoms with Gasteiger partial charge in [-0.2, -0.15) is 11.3 Å². The molecule has 5 atom stereocenters. The van der Waals surface area contributed by atoms with Gasteiger partial charge in [0.2, 0.25) is 0 Å². The monoisotopic (exact) mass is 328 g/mol. The van der Waals surface area contributed by atoms with Gasteiger partial charge in [0.25, 0.3) is 0 Å². The highest BCUT2D eigenvalue weighted by Gasteiger charge is 2.59. The van der Waals surface area contributed by atoms with Crippen molar-refractivity contribution < 1.29 is 5.11 Å². The van der Waals surface area contributed by atoms with Crippen molar-refractivity contribution >= 4 is 11.3 Å². The van der Waals surface area contributed by atoms with Crippen molar-refractivity contribution in [3.63, 3.8) is 0 Å². The minimum atomic E-state index is -0.387. The summed E-state index contributed by atoms with van der Waals surface area (Å²) >= 11 is 1.72. The normalized spacial score (nSPS) is 39.7. The summed E-state index contributed by atoms with van der Waals surface area (Å²) in [5.74, 6) is 2.55. The van der Waals surface area contributed by atoms with Crippen molar-refractivity contribution in [1.82, 2.24) is 9.55 Å². The Labute approximate surface area is 141 Å². The van der Waals surface area contributed by atoms with Crippen LogP contribution in [0.15, 0.2) is 29.2 Å². The highest BCUT2D eigenvalue weighted by Crippen LogP contribution is 2.65. The van der Waals surface area contributed by atoms with Crippen LogP contribution < -0.4 is 0 Å². The van der Waals surface area contributed by atoms with Crippen molar-refractivity contribution in [2.45, 2.75) is 57.1 Å². The van der Waals surface area contributed by atoms with E-state index in [0.29, 0.717) is 6.04 Å². The molecule has 23 heavy (non-hydrogen) atoms. The number of hydrogen-bond acceptors (Lipinski definition) is 3. The average Bonchev–Trinajstić information content (AvgIpc) is 3.15. The number of aromatic nitrogens is 2. The molecule has 0 spiro atoms. The summed E-state index contributed by atoms with van der Waals surface area (Å²) in [4.78, 5) is 4.63. The molecule has 0 saturated heterocycles. The maximum absolute atomic E-state index is 11.0. The first-order valence-corrected chi connectivity index (χ1v) is 9.79. The summed E-state index contributed by atoms with van der Waals surface area (Å²) in [5, 5.41) is 15.3. The van der Waals surface area contributed by atoms with E-state index in [1.807, 2.05) is 6.20 Å². The zero-order valence-corrected chi connectivity index (χ0v) is 14.4. The lowest BCUT2D eigenvalue weighted by Gasteiger charge is -2.62. The molecule has 4 aliphatic rings. The van der Waals surface area contributed by atoms with Gasteiger partial charge in [-0.1, -0.05) is 0 Å². The molecule has 4 heteroatoms. The van der Waals surface area contributed by atoms with E-state index in [2.05, 4.69) is 39.5 Å². The van der Waals surface area contributed by atoms with Crippen molar-refractivity contribution in [2.75, 3.05) is 0 Å². The summed E-state index contributed by atoms with van der Waals surface area (Å²) in [5.41, 5.74) is 1.08. The molecule has 0 aromatic carbocycles. The minimum absolute atomic E-state index is 0.254. The Morgan fingerprint density at radius 2 is 2.09 bits per heavy atom. The molecular formula is C19H24N2OS. The van der Waals surface area contributed by atoms with Gasteiger partial charge in [0.1, 0.15) is 5.82 Å². The molecule has 3 nitrogen and oxygen atoms in total. The highest BCUT2D eigenvalue weighted by atomic mass is 32.1. The second-order valence-corrected chi connectivity index (χ2v) is 9.17. The minimum Gasteiger partial charge on any atom is -0.390 e. The van der Waals surface area contributed by atoms with Gasteiger partial charge >= 0.3 is 0 Å². The van der Waals surface area contributed by atoms with E-state index < -0.39 is 0 Å². The third-order valence-electron chi connectivity index (χ3n) is 6.83. The molecule has 4 bridgehead atoms. The number of aliphatic hydroxyl groups is 1.